The zero-order valence-corrected chi connectivity index (χ0v) is 9.85. The van der Waals surface area contributed by atoms with Gasteiger partial charge < -0.3 is 4.90 Å². The molecule has 0 saturated heterocycles. The first-order chi connectivity index (χ1) is 6.54. The molecule has 0 spiro atoms. The van der Waals surface area contributed by atoms with E-state index in [1.807, 2.05) is 0 Å². The smallest absolute Gasteiger partial charge is 0.0509 e. The van der Waals surface area contributed by atoms with Crippen LogP contribution in [0.15, 0.2) is 23.9 Å². The van der Waals surface area contributed by atoms with Gasteiger partial charge in [-0.2, -0.15) is 0 Å². The van der Waals surface area contributed by atoms with E-state index in [1.54, 1.807) is 5.57 Å². The van der Waals surface area contributed by atoms with E-state index in [0.717, 1.165) is 6.42 Å². The molecule has 14 heavy (non-hydrogen) atoms. The lowest BCUT2D eigenvalue weighted by Crippen LogP contribution is -2.25. The van der Waals surface area contributed by atoms with E-state index in [-0.39, 0.29) is 0 Å². The molecule has 2 aliphatic carbocycles. The fourth-order valence-electron chi connectivity index (χ4n) is 2.88. The van der Waals surface area contributed by atoms with Crippen LogP contribution in [0.2, 0.25) is 0 Å². The van der Waals surface area contributed by atoms with Gasteiger partial charge in [0.05, 0.1) is 5.54 Å². The summed E-state index contributed by atoms with van der Waals surface area (Å²) in [4.78, 5) is 2.43. The van der Waals surface area contributed by atoms with Crippen molar-refractivity contribution in [3.05, 3.63) is 23.9 Å². The highest BCUT2D eigenvalue weighted by Crippen LogP contribution is 2.84. The second-order valence-corrected chi connectivity index (χ2v) is 4.92. The maximum absolute atomic E-state index is 4.13. The Balaban J connectivity index is 2.09. The minimum absolute atomic E-state index is 0.483. The van der Waals surface area contributed by atoms with Crippen LogP contribution in [0, 0.1) is 5.41 Å². The summed E-state index contributed by atoms with van der Waals surface area (Å²) in [6.07, 6.45) is 6.05. The molecular formula is C13H21N. The van der Waals surface area contributed by atoms with Crippen molar-refractivity contribution in [3.63, 3.8) is 0 Å². The molecule has 0 unspecified atom stereocenters. The first-order valence-electron chi connectivity index (χ1n) is 5.59. The Labute approximate surface area is 87.5 Å². The summed E-state index contributed by atoms with van der Waals surface area (Å²) in [5.74, 6) is 0. The molecule has 2 saturated carbocycles. The number of hydrogen-bond acceptors (Lipinski definition) is 1. The highest BCUT2D eigenvalue weighted by Gasteiger charge is 2.85. The first-order valence-corrected chi connectivity index (χ1v) is 5.59. The molecule has 1 heteroatoms. The van der Waals surface area contributed by atoms with Crippen LogP contribution in [-0.4, -0.2) is 17.5 Å². The normalized spacial score (nSPS) is 39.0. The van der Waals surface area contributed by atoms with Gasteiger partial charge in [0.15, 0.2) is 0 Å². The predicted octanol–water partition coefficient (Wildman–Crippen LogP) is 3.34. The van der Waals surface area contributed by atoms with Crippen LogP contribution in [0.25, 0.3) is 0 Å². The summed E-state index contributed by atoms with van der Waals surface area (Å²) in [6, 6.07) is 0. The monoisotopic (exact) mass is 191 g/mol. The van der Waals surface area contributed by atoms with Gasteiger partial charge >= 0.3 is 0 Å². The van der Waals surface area contributed by atoms with E-state index >= 15 is 0 Å². The van der Waals surface area contributed by atoms with Gasteiger partial charge in [-0.3, -0.25) is 0 Å². The fourth-order valence-corrected chi connectivity index (χ4v) is 2.88. The van der Waals surface area contributed by atoms with E-state index < -0.39 is 0 Å². The van der Waals surface area contributed by atoms with Crippen LogP contribution in [0.5, 0.6) is 0 Å². The molecule has 78 valence electrons. The van der Waals surface area contributed by atoms with Crippen molar-refractivity contribution in [2.24, 2.45) is 5.41 Å². The molecule has 0 aromatic rings. The summed E-state index contributed by atoms with van der Waals surface area (Å²) < 4.78 is 0. The van der Waals surface area contributed by atoms with Gasteiger partial charge in [0, 0.05) is 18.2 Å². The van der Waals surface area contributed by atoms with Crippen LogP contribution < -0.4 is 0 Å². The maximum Gasteiger partial charge on any atom is 0.0509 e. The number of hydrogen-bond donors (Lipinski definition) is 0. The average Bonchev–Trinajstić information content (AvgIpc) is 2.99. The summed E-state index contributed by atoms with van der Waals surface area (Å²) in [7, 11) is 2.21. The SMILES string of the molecule is C=C(CC)N(C)C12CC1(/C(C)=C/C)C2. The van der Waals surface area contributed by atoms with Crippen LogP contribution >= 0.6 is 0 Å². The lowest BCUT2D eigenvalue weighted by Gasteiger charge is -2.24. The Morgan fingerprint density at radius 3 is 2.50 bits per heavy atom. The van der Waals surface area contributed by atoms with Crippen molar-refractivity contribution in [2.45, 2.75) is 45.6 Å². The largest absolute Gasteiger partial charge is 0.372 e. The van der Waals surface area contributed by atoms with E-state index in [4.69, 9.17) is 0 Å². The number of fused-ring (bicyclic) bond motifs is 1. The average molecular weight is 191 g/mol. The third-order valence-electron chi connectivity index (χ3n) is 4.54. The minimum Gasteiger partial charge on any atom is -0.372 e. The highest BCUT2D eigenvalue weighted by atomic mass is 15.3. The van der Waals surface area contributed by atoms with E-state index in [2.05, 4.69) is 45.4 Å². The third-order valence-corrected chi connectivity index (χ3v) is 4.54. The Morgan fingerprint density at radius 2 is 2.07 bits per heavy atom. The molecule has 2 rings (SSSR count). The van der Waals surface area contributed by atoms with Crippen molar-refractivity contribution < 1.29 is 0 Å². The van der Waals surface area contributed by atoms with Gasteiger partial charge in [0.25, 0.3) is 0 Å². The second-order valence-electron chi connectivity index (χ2n) is 4.92. The molecule has 2 aliphatic rings. The molecule has 0 bridgehead atoms. The molecule has 0 heterocycles. The lowest BCUT2D eigenvalue weighted by atomic mass is 10.1. The van der Waals surface area contributed by atoms with Crippen molar-refractivity contribution in [3.8, 4) is 0 Å². The Kier molecular flexibility index (Phi) is 1.86. The standard InChI is InChI=1S/C13H21N/c1-6-10(3)12-8-13(12,9-12)14(5)11(4)7-2/h6H,4,7-9H2,1-3,5H3/b10-6+. The number of allylic oxidation sites excluding steroid dienone is 2. The zero-order chi connectivity index (χ0) is 10.6. The third kappa shape index (κ3) is 0.906. The van der Waals surface area contributed by atoms with E-state index in [0.29, 0.717) is 11.0 Å². The van der Waals surface area contributed by atoms with Crippen LogP contribution in [0.3, 0.4) is 0 Å². The first kappa shape index (κ1) is 9.82. The zero-order valence-electron chi connectivity index (χ0n) is 9.85. The summed E-state index contributed by atoms with van der Waals surface area (Å²) in [5.41, 5.74) is 3.90. The maximum atomic E-state index is 4.13. The lowest BCUT2D eigenvalue weighted by molar-refractivity contribution is 0.335. The van der Waals surface area contributed by atoms with Gasteiger partial charge in [-0.05, 0) is 33.1 Å². The fraction of sp³-hybridized carbons (Fsp3) is 0.692. The van der Waals surface area contributed by atoms with E-state index in [1.165, 1.54) is 18.5 Å². The topological polar surface area (TPSA) is 3.24 Å². The number of rotatable bonds is 4. The van der Waals surface area contributed by atoms with Gasteiger partial charge in [-0.25, -0.2) is 0 Å². The van der Waals surface area contributed by atoms with Crippen molar-refractivity contribution >= 4 is 0 Å². The van der Waals surface area contributed by atoms with Crippen LogP contribution in [-0.2, 0) is 0 Å². The predicted molar refractivity (Wildman–Crippen MR) is 61.0 cm³/mol. The molecular weight excluding hydrogens is 170 g/mol. The molecule has 0 N–H and O–H groups in total. The molecule has 0 aliphatic heterocycles. The summed E-state index contributed by atoms with van der Waals surface area (Å²) >= 11 is 0. The molecule has 1 nitrogen and oxygen atoms in total. The van der Waals surface area contributed by atoms with Crippen LogP contribution in [0.1, 0.15) is 40.0 Å². The Hall–Kier alpha value is -0.720. The Morgan fingerprint density at radius 1 is 1.50 bits per heavy atom. The van der Waals surface area contributed by atoms with Gasteiger partial charge in [0.2, 0.25) is 0 Å². The second kappa shape index (κ2) is 2.65. The van der Waals surface area contributed by atoms with E-state index in [9.17, 15) is 0 Å². The molecule has 0 amide bonds. The summed E-state index contributed by atoms with van der Waals surface area (Å²) in [6.45, 7) is 10.7. The molecule has 0 atom stereocenters. The van der Waals surface area contributed by atoms with Crippen molar-refractivity contribution in [2.75, 3.05) is 7.05 Å². The minimum atomic E-state index is 0.483. The van der Waals surface area contributed by atoms with Gasteiger partial charge in [-0.15, -0.1) is 0 Å². The highest BCUT2D eigenvalue weighted by molar-refractivity contribution is 5.50. The molecule has 0 aromatic carbocycles. The molecule has 0 aromatic heterocycles. The quantitative estimate of drug-likeness (QED) is 0.616. The van der Waals surface area contributed by atoms with Gasteiger partial charge in [0.1, 0.15) is 0 Å². The van der Waals surface area contributed by atoms with Gasteiger partial charge in [-0.1, -0.05) is 25.2 Å². The summed E-state index contributed by atoms with van der Waals surface area (Å²) in [5, 5.41) is 0. The van der Waals surface area contributed by atoms with Crippen LogP contribution in [0.4, 0.5) is 0 Å². The number of nitrogens with zero attached hydrogens (tertiary/aromatic N) is 1. The van der Waals surface area contributed by atoms with Crippen molar-refractivity contribution in [1.29, 1.82) is 0 Å². The molecule has 2 fully saturated rings. The Bertz CT molecular complexity index is 305. The van der Waals surface area contributed by atoms with Crippen molar-refractivity contribution in [1.82, 2.24) is 4.90 Å². The molecule has 0 radical (unpaired) electrons.